The first-order valence-corrected chi connectivity index (χ1v) is 4.13. The Morgan fingerprint density at radius 3 is 2.67 bits per heavy atom. The summed E-state index contributed by atoms with van der Waals surface area (Å²) in [6, 6.07) is 5.39. The number of nitrogens with two attached hydrogens (primary N) is 1. The molecule has 1 atom stereocenters. The van der Waals surface area contributed by atoms with Crippen LogP contribution >= 0.6 is 12.6 Å². The predicted octanol–water partition coefficient (Wildman–Crippen LogP) is 1.86. The molecule has 12 heavy (non-hydrogen) atoms. The number of carbonyl (C=O) groups is 1. The number of hydrogen-bond acceptors (Lipinski definition) is 3. The van der Waals surface area contributed by atoms with Crippen LogP contribution < -0.4 is 5.73 Å². The second-order valence-corrected chi connectivity index (χ2v) is 3.30. The lowest BCUT2D eigenvalue weighted by atomic mass is 10.0. The molecule has 1 aromatic rings. The van der Waals surface area contributed by atoms with Gasteiger partial charge in [0.05, 0.1) is 0 Å². The van der Waals surface area contributed by atoms with Crippen LogP contribution in [0, 0.1) is 0 Å². The number of thiol groups is 1. The van der Waals surface area contributed by atoms with E-state index in [9.17, 15) is 4.79 Å². The van der Waals surface area contributed by atoms with Crippen LogP contribution in [0.2, 0.25) is 0 Å². The van der Waals surface area contributed by atoms with Gasteiger partial charge in [0.25, 0.3) is 0 Å². The maximum atomic E-state index is 10.5. The van der Waals surface area contributed by atoms with Crippen molar-refractivity contribution in [1.82, 2.24) is 0 Å². The number of rotatable bonds is 2. The lowest BCUT2D eigenvalue weighted by molar-refractivity contribution is -0.108. The summed E-state index contributed by atoms with van der Waals surface area (Å²) in [7, 11) is 0. The van der Waals surface area contributed by atoms with Crippen molar-refractivity contribution in [3.63, 3.8) is 0 Å². The molecule has 0 saturated carbocycles. The summed E-state index contributed by atoms with van der Waals surface area (Å²) in [6.07, 6.45) is 0.891. The molecule has 0 saturated heterocycles. The van der Waals surface area contributed by atoms with Gasteiger partial charge >= 0.3 is 0 Å². The first-order chi connectivity index (χ1) is 5.63. The summed E-state index contributed by atoms with van der Waals surface area (Å²) in [5.74, 6) is -0.112. The molecule has 0 aliphatic rings. The molecule has 0 fully saturated rings. The maximum absolute atomic E-state index is 10.5. The third kappa shape index (κ3) is 2.01. The van der Waals surface area contributed by atoms with Crippen molar-refractivity contribution >= 4 is 24.6 Å². The summed E-state index contributed by atoms with van der Waals surface area (Å²) < 4.78 is 0. The van der Waals surface area contributed by atoms with Crippen LogP contribution in [0.15, 0.2) is 23.1 Å². The minimum atomic E-state index is -0.112. The molecule has 0 aromatic heterocycles. The van der Waals surface area contributed by atoms with Gasteiger partial charge in [-0.2, -0.15) is 0 Å². The summed E-state index contributed by atoms with van der Waals surface area (Å²) in [4.78, 5) is 11.3. The van der Waals surface area contributed by atoms with Gasteiger partial charge in [0.15, 0.2) is 0 Å². The van der Waals surface area contributed by atoms with Gasteiger partial charge in [0, 0.05) is 16.5 Å². The van der Waals surface area contributed by atoms with Gasteiger partial charge in [-0.3, -0.25) is 0 Å². The first-order valence-electron chi connectivity index (χ1n) is 3.68. The molecule has 0 aliphatic heterocycles. The van der Waals surface area contributed by atoms with Gasteiger partial charge in [-0.1, -0.05) is 6.92 Å². The Morgan fingerprint density at radius 1 is 1.50 bits per heavy atom. The van der Waals surface area contributed by atoms with Crippen molar-refractivity contribution in [3.8, 4) is 0 Å². The van der Waals surface area contributed by atoms with Crippen LogP contribution in [0.5, 0.6) is 0 Å². The van der Waals surface area contributed by atoms with E-state index in [-0.39, 0.29) is 5.92 Å². The summed E-state index contributed by atoms with van der Waals surface area (Å²) in [6.45, 7) is 1.83. The quantitative estimate of drug-likeness (QED) is 0.415. The molecule has 0 aliphatic carbocycles. The molecule has 2 N–H and O–H groups in total. The van der Waals surface area contributed by atoms with Gasteiger partial charge in [-0.25, -0.2) is 0 Å². The van der Waals surface area contributed by atoms with E-state index in [4.69, 9.17) is 5.73 Å². The fourth-order valence-electron chi connectivity index (χ4n) is 1.00. The molecule has 1 rings (SSSR count). The van der Waals surface area contributed by atoms with Crippen LogP contribution in [-0.4, -0.2) is 6.29 Å². The highest BCUT2D eigenvalue weighted by Crippen LogP contribution is 2.20. The van der Waals surface area contributed by atoms with Crippen LogP contribution in [0.3, 0.4) is 0 Å². The first kappa shape index (κ1) is 9.13. The second kappa shape index (κ2) is 3.63. The molecule has 0 bridgehead atoms. The fraction of sp³-hybridized carbons (Fsp3) is 0.222. The van der Waals surface area contributed by atoms with Crippen LogP contribution in [0.1, 0.15) is 18.4 Å². The number of anilines is 1. The highest BCUT2D eigenvalue weighted by atomic mass is 32.1. The highest BCUT2D eigenvalue weighted by Gasteiger charge is 2.04. The van der Waals surface area contributed by atoms with Crippen molar-refractivity contribution in [1.29, 1.82) is 0 Å². The van der Waals surface area contributed by atoms with Crippen molar-refractivity contribution in [2.75, 3.05) is 5.73 Å². The lowest BCUT2D eigenvalue weighted by Gasteiger charge is -2.05. The third-order valence-corrected chi connectivity index (χ3v) is 1.95. The van der Waals surface area contributed by atoms with Gasteiger partial charge in [-0.05, 0) is 23.8 Å². The molecule has 3 heteroatoms. The monoisotopic (exact) mass is 181 g/mol. The number of carbonyl (C=O) groups excluding carboxylic acids is 1. The highest BCUT2D eigenvalue weighted by molar-refractivity contribution is 7.80. The minimum Gasteiger partial charge on any atom is -0.399 e. The van der Waals surface area contributed by atoms with Gasteiger partial charge in [-0.15, -0.1) is 12.6 Å². The average Bonchev–Trinajstić information content (AvgIpc) is 2.01. The lowest BCUT2D eigenvalue weighted by Crippen LogP contribution is -1.96. The Bertz CT molecular complexity index is 278. The zero-order valence-corrected chi connectivity index (χ0v) is 7.71. The molecule has 1 aromatic carbocycles. The predicted molar refractivity (Wildman–Crippen MR) is 52.6 cm³/mol. The smallest absolute Gasteiger partial charge is 0.127 e. The molecule has 64 valence electrons. The Hall–Kier alpha value is -0.960. The van der Waals surface area contributed by atoms with E-state index >= 15 is 0 Å². The number of hydrogen-bond donors (Lipinski definition) is 2. The molecular formula is C9H11NOS. The van der Waals surface area contributed by atoms with E-state index in [1.807, 2.05) is 13.0 Å². The van der Waals surface area contributed by atoms with E-state index in [1.165, 1.54) is 0 Å². The number of benzene rings is 1. The van der Waals surface area contributed by atoms with E-state index in [2.05, 4.69) is 12.6 Å². The van der Waals surface area contributed by atoms with Gasteiger partial charge < -0.3 is 10.5 Å². The van der Waals surface area contributed by atoms with Crippen molar-refractivity contribution < 1.29 is 4.79 Å². The van der Waals surface area contributed by atoms with E-state index in [0.29, 0.717) is 5.69 Å². The zero-order chi connectivity index (χ0) is 9.14. The summed E-state index contributed by atoms with van der Waals surface area (Å²) in [5, 5.41) is 0. The normalized spacial score (nSPS) is 12.5. The molecule has 0 heterocycles. The molecule has 0 radical (unpaired) electrons. The topological polar surface area (TPSA) is 43.1 Å². The molecule has 0 amide bonds. The van der Waals surface area contributed by atoms with Crippen LogP contribution in [0.4, 0.5) is 5.69 Å². The molecule has 2 nitrogen and oxygen atoms in total. The van der Waals surface area contributed by atoms with E-state index in [0.717, 1.165) is 16.7 Å². The standard InChI is InChI=1S/C9H11NOS/c1-6(5-11)7-2-8(10)4-9(12)3-7/h2-6,12H,10H2,1H3. The van der Waals surface area contributed by atoms with E-state index < -0.39 is 0 Å². The second-order valence-electron chi connectivity index (χ2n) is 2.78. The molecular weight excluding hydrogens is 170 g/mol. The summed E-state index contributed by atoms with van der Waals surface area (Å²) in [5.41, 5.74) is 7.14. The van der Waals surface area contributed by atoms with E-state index in [1.54, 1.807) is 12.1 Å². The third-order valence-electron chi connectivity index (χ3n) is 1.69. The zero-order valence-electron chi connectivity index (χ0n) is 6.82. The maximum Gasteiger partial charge on any atom is 0.127 e. The Labute approximate surface area is 77.2 Å². The largest absolute Gasteiger partial charge is 0.399 e. The fourth-order valence-corrected chi connectivity index (χ4v) is 1.30. The van der Waals surface area contributed by atoms with Crippen LogP contribution in [0.25, 0.3) is 0 Å². The van der Waals surface area contributed by atoms with Crippen molar-refractivity contribution in [3.05, 3.63) is 23.8 Å². The Morgan fingerprint density at radius 2 is 2.17 bits per heavy atom. The minimum absolute atomic E-state index is 0.112. The molecule has 0 spiro atoms. The molecule has 1 unspecified atom stereocenters. The average molecular weight is 181 g/mol. The van der Waals surface area contributed by atoms with Crippen molar-refractivity contribution in [2.45, 2.75) is 17.7 Å². The van der Waals surface area contributed by atoms with Gasteiger partial charge in [0.1, 0.15) is 6.29 Å². The number of nitrogen functional groups attached to an aromatic ring is 1. The number of aldehydes is 1. The van der Waals surface area contributed by atoms with Crippen molar-refractivity contribution in [2.24, 2.45) is 0 Å². The SMILES string of the molecule is CC(C=O)c1cc(N)cc(S)c1. The van der Waals surface area contributed by atoms with Crippen LogP contribution in [-0.2, 0) is 4.79 Å². The Kier molecular flexibility index (Phi) is 2.76. The van der Waals surface area contributed by atoms with Gasteiger partial charge in [0.2, 0.25) is 0 Å². The summed E-state index contributed by atoms with van der Waals surface area (Å²) >= 11 is 4.16. The Balaban J connectivity index is 3.08.